The van der Waals surface area contributed by atoms with Crippen LogP contribution in [-0.4, -0.2) is 66.1 Å². The van der Waals surface area contributed by atoms with Crippen molar-refractivity contribution in [2.45, 2.75) is 160 Å². The number of carbonyl (C=O) groups excluding carboxylic acids is 3. The fourth-order valence-electron chi connectivity index (χ4n) is 4.84. The SMILES string of the molecule is BC(=O)[C@@H](N)CCCCNC(=O)CC[C@H](NC(=O)CCCCCCCCCCCCCCCCCCC(=O)O)C(=O)O. The Morgan fingerprint density at radius 3 is 1.45 bits per heavy atom. The van der Waals surface area contributed by atoms with E-state index in [-0.39, 0.29) is 30.3 Å². The number of aliphatic carboxylic acids is 2. The van der Waals surface area contributed by atoms with E-state index in [9.17, 15) is 29.1 Å². The second kappa shape index (κ2) is 27.4. The second-order valence-corrected chi connectivity index (χ2v) is 11.6. The molecule has 0 saturated heterocycles. The summed E-state index contributed by atoms with van der Waals surface area (Å²) in [5.74, 6) is -2.38. The molecule has 2 atom stereocenters. The summed E-state index contributed by atoms with van der Waals surface area (Å²) < 4.78 is 0. The third-order valence-corrected chi connectivity index (χ3v) is 7.62. The maximum atomic E-state index is 12.2. The van der Waals surface area contributed by atoms with E-state index in [2.05, 4.69) is 10.6 Å². The van der Waals surface area contributed by atoms with Crippen molar-refractivity contribution in [3.05, 3.63) is 0 Å². The largest absolute Gasteiger partial charge is 0.481 e. The molecule has 0 aromatic rings. The van der Waals surface area contributed by atoms with E-state index in [1.165, 1.54) is 65.6 Å². The Kier molecular flexibility index (Phi) is 25.8. The molecule has 0 aliphatic heterocycles. The zero-order valence-electron chi connectivity index (χ0n) is 26.1. The number of carboxylic acid groups (broad SMARTS) is 2. The van der Waals surface area contributed by atoms with E-state index in [1.807, 2.05) is 0 Å². The zero-order chi connectivity index (χ0) is 31.4. The average molecular weight is 596 g/mol. The number of carbonyl (C=O) groups is 5. The number of hydrogen-bond donors (Lipinski definition) is 5. The summed E-state index contributed by atoms with van der Waals surface area (Å²) in [7, 11) is 1.46. The van der Waals surface area contributed by atoms with Crippen LogP contribution in [0.5, 0.6) is 0 Å². The van der Waals surface area contributed by atoms with E-state index >= 15 is 0 Å². The lowest BCUT2D eigenvalue weighted by molar-refractivity contribution is -0.142. The molecule has 0 aliphatic rings. The van der Waals surface area contributed by atoms with Gasteiger partial charge in [0.1, 0.15) is 6.04 Å². The van der Waals surface area contributed by atoms with Crippen molar-refractivity contribution in [3.8, 4) is 0 Å². The van der Waals surface area contributed by atoms with Crippen LogP contribution in [0.15, 0.2) is 0 Å². The van der Waals surface area contributed by atoms with Crippen molar-refractivity contribution in [3.63, 3.8) is 0 Å². The summed E-state index contributed by atoms with van der Waals surface area (Å²) in [6, 6.07) is -1.54. The van der Waals surface area contributed by atoms with Gasteiger partial charge in [0, 0.05) is 25.8 Å². The van der Waals surface area contributed by atoms with Gasteiger partial charge in [0.05, 0.1) is 11.7 Å². The van der Waals surface area contributed by atoms with Gasteiger partial charge in [-0.3, -0.25) is 14.4 Å². The highest BCUT2D eigenvalue weighted by atomic mass is 16.4. The normalized spacial score (nSPS) is 12.4. The van der Waals surface area contributed by atoms with Gasteiger partial charge in [-0.1, -0.05) is 89.9 Å². The van der Waals surface area contributed by atoms with Crippen molar-refractivity contribution < 1.29 is 34.2 Å². The maximum Gasteiger partial charge on any atom is 0.326 e. The van der Waals surface area contributed by atoms with Gasteiger partial charge in [-0.2, -0.15) is 0 Å². The third-order valence-electron chi connectivity index (χ3n) is 7.62. The monoisotopic (exact) mass is 595 g/mol. The molecule has 0 unspecified atom stereocenters. The Morgan fingerprint density at radius 2 is 1.02 bits per heavy atom. The van der Waals surface area contributed by atoms with Gasteiger partial charge in [-0.15, -0.1) is 0 Å². The molecule has 11 heteroatoms. The Hall–Kier alpha value is -2.43. The van der Waals surface area contributed by atoms with Crippen LogP contribution < -0.4 is 16.4 Å². The van der Waals surface area contributed by atoms with Gasteiger partial charge in [-0.05, 0) is 38.5 Å². The first-order chi connectivity index (χ1) is 20.1. The lowest BCUT2D eigenvalue weighted by Crippen LogP contribution is -2.41. The molecule has 0 spiro atoms. The van der Waals surface area contributed by atoms with Gasteiger partial charge < -0.3 is 31.4 Å². The maximum absolute atomic E-state index is 12.2. The molecule has 0 radical (unpaired) electrons. The molecule has 0 aliphatic carbocycles. The first-order valence-electron chi connectivity index (χ1n) is 16.4. The Morgan fingerprint density at radius 1 is 0.571 bits per heavy atom. The molecule has 0 heterocycles. The summed E-state index contributed by atoms with van der Waals surface area (Å²) in [6.07, 6.45) is 20.8. The Labute approximate surface area is 254 Å². The fourth-order valence-corrected chi connectivity index (χ4v) is 4.84. The van der Waals surface area contributed by atoms with Crippen LogP contribution in [0.25, 0.3) is 0 Å². The summed E-state index contributed by atoms with van der Waals surface area (Å²) >= 11 is 0. The van der Waals surface area contributed by atoms with Gasteiger partial charge in [0.2, 0.25) is 11.8 Å². The van der Waals surface area contributed by atoms with Crippen LogP contribution >= 0.6 is 0 Å². The van der Waals surface area contributed by atoms with Crippen LogP contribution in [0.2, 0.25) is 0 Å². The fraction of sp³-hybridized carbons (Fsp3) is 0.839. The molecule has 0 bridgehead atoms. The minimum absolute atomic E-state index is 0.0157. The van der Waals surface area contributed by atoms with Crippen molar-refractivity contribution in [1.82, 2.24) is 10.6 Å². The van der Waals surface area contributed by atoms with Gasteiger partial charge in [-0.25, -0.2) is 4.79 Å². The van der Waals surface area contributed by atoms with E-state index in [4.69, 9.17) is 10.8 Å². The third kappa shape index (κ3) is 26.5. The van der Waals surface area contributed by atoms with E-state index in [1.54, 1.807) is 0 Å². The summed E-state index contributed by atoms with van der Waals surface area (Å²) in [6.45, 7) is 0.439. The van der Waals surface area contributed by atoms with Crippen molar-refractivity contribution in [2.75, 3.05) is 6.54 Å². The minimum atomic E-state index is -1.14. The molecule has 0 saturated carbocycles. The van der Waals surface area contributed by atoms with Gasteiger partial charge >= 0.3 is 11.9 Å². The minimum Gasteiger partial charge on any atom is -0.481 e. The summed E-state index contributed by atoms with van der Waals surface area (Å²) in [4.78, 5) is 57.3. The molecule has 2 amide bonds. The van der Waals surface area contributed by atoms with Gasteiger partial charge in [0.25, 0.3) is 0 Å². The smallest absolute Gasteiger partial charge is 0.326 e. The molecule has 242 valence electrons. The quantitative estimate of drug-likeness (QED) is 0.0606. The predicted molar refractivity (Wildman–Crippen MR) is 168 cm³/mol. The van der Waals surface area contributed by atoms with Crippen LogP contribution in [0.1, 0.15) is 148 Å². The zero-order valence-corrected chi connectivity index (χ0v) is 26.1. The highest BCUT2D eigenvalue weighted by Gasteiger charge is 2.20. The molecular weight excluding hydrogens is 537 g/mol. The first kappa shape index (κ1) is 39.6. The van der Waals surface area contributed by atoms with E-state index in [0.717, 1.165) is 51.4 Å². The van der Waals surface area contributed by atoms with Crippen LogP contribution in [0.3, 0.4) is 0 Å². The summed E-state index contributed by atoms with van der Waals surface area (Å²) in [5.41, 5.74) is 5.62. The number of carboxylic acids is 2. The van der Waals surface area contributed by atoms with Crippen molar-refractivity contribution >= 4 is 37.3 Å². The molecule has 0 fully saturated rings. The highest BCUT2D eigenvalue weighted by Crippen LogP contribution is 2.14. The number of rotatable bonds is 30. The molecule has 10 nitrogen and oxygen atoms in total. The van der Waals surface area contributed by atoms with E-state index in [0.29, 0.717) is 32.2 Å². The van der Waals surface area contributed by atoms with Crippen molar-refractivity contribution in [1.29, 1.82) is 0 Å². The average Bonchev–Trinajstić information content (AvgIpc) is 2.93. The molecule has 42 heavy (non-hydrogen) atoms. The molecule has 0 aromatic heterocycles. The second-order valence-electron chi connectivity index (χ2n) is 11.6. The molecule has 6 N–H and O–H groups in total. The Bertz CT molecular complexity index is 767. The predicted octanol–water partition coefficient (Wildman–Crippen LogP) is 4.22. The lowest BCUT2D eigenvalue weighted by atomic mass is 9.92. The number of nitrogens with one attached hydrogen (secondary N) is 2. The van der Waals surface area contributed by atoms with Crippen LogP contribution in [0, 0.1) is 0 Å². The number of nitrogens with two attached hydrogens (primary N) is 1. The standard InChI is InChI=1S/C31H58BN3O7/c32-30(40)25(33)19-17-18-24-34-27(36)23-22-26(31(41)42)35-28(37)20-15-13-11-9-7-5-3-1-2-4-6-8-10-12-14-16-21-29(38)39/h25-26H,1-24,32-33H2,(H,34,36)(H,35,37)(H,38,39)(H,41,42)/t25-,26-/m0/s1. The first-order valence-corrected chi connectivity index (χ1v) is 16.4. The summed E-state index contributed by atoms with van der Waals surface area (Å²) in [5, 5.41) is 23.3. The molecule has 0 aromatic carbocycles. The highest BCUT2D eigenvalue weighted by molar-refractivity contribution is 6.59. The van der Waals surface area contributed by atoms with Crippen LogP contribution in [0.4, 0.5) is 0 Å². The number of amides is 2. The lowest BCUT2D eigenvalue weighted by Gasteiger charge is -2.14. The topological polar surface area (TPSA) is 176 Å². The van der Waals surface area contributed by atoms with Crippen LogP contribution in [-0.2, 0) is 24.0 Å². The van der Waals surface area contributed by atoms with Crippen molar-refractivity contribution in [2.24, 2.45) is 5.73 Å². The van der Waals surface area contributed by atoms with Gasteiger partial charge in [0.15, 0.2) is 7.85 Å². The van der Waals surface area contributed by atoms with E-state index < -0.39 is 24.0 Å². The number of hydrogen-bond acceptors (Lipinski definition) is 6. The Balaban J connectivity index is 3.65. The number of unbranched alkanes of at least 4 members (excludes halogenated alkanes) is 16. The molecular formula is C31H58BN3O7. The molecule has 0 rings (SSSR count).